The molecule has 4 nitrogen and oxygen atoms in total. The first-order valence-electron chi connectivity index (χ1n) is 9.23. The van der Waals surface area contributed by atoms with Gasteiger partial charge in [0.2, 0.25) is 5.82 Å². The second kappa shape index (κ2) is 7.56. The molecule has 0 atom stereocenters. The average Bonchev–Trinajstić information content (AvgIpc) is 2.95. The summed E-state index contributed by atoms with van der Waals surface area (Å²) in [6.07, 6.45) is -0.918. The minimum atomic E-state index is -4.48. The molecule has 1 heterocycles. The van der Waals surface area contributed by atoms with Gasteiger partial charge >= 0.3 is 6.18 Å². The fourth-order valence-electron chi connectivity index (χ4n) is 3.68. The van der Waals surface area contributed by atoms with Crippen LogP contribution in [0, 0.1) is 5.82 Å². The molecule has 0 bridgehead atoms. The maximum Gasteiger partial charge on any atom is 0.416 e. The Labute approximate surface area is 160 Å². The van der Waals surface area contributed by atoms with Gasteiger partial charge in [-0.05, 0) is 42.9 Å². The number of aromatic nitrogens is 2. The molecule has 0 spiro atoms. The van der Waals surface area contributed by atoms with Crippen molar-refractivity contribution in [1.29, 1.82) is 0 Å². The molecule has 1 aliphatic rings. The Hall–Kier alpha value is -2.38. The van der Waals surface area contributed by atoms with E-state index in [0.717, 1.165) is 18.7 Å². The van der Waals surface area contributed by atoms with E-state index in [1.54, 1.807) is 6.07 Å². The Kier molecular flexibility index (Phi) is 5.50. The van der Waals surface area contributed by atoms with E-state index in [9.17, 15) is 22.4 Å². The highest BCUT2D eigenvalue weighted by Crippen LogP contribution is 2.42. The van der Waals surface area contributed by atoms with E-state index in [4.69, 9.17) is 4.74 Å². The first-order valence-corrected chi connectivity index (χ1v) is 9.23. The quantitative estimate of drug-likeness (QED) is 0.636. The second-order valence-corrected chi connectivity index (χ2v) is 7.16. The molecule has 0 unspecified atom stereocenters. The highest BCUT2D eigenvalue weighted by atomic mass is 19.4. The molecule has 2 aromatic rings. The first-order chi connectivity index (χ1) is 13.2. The molecule has 1 fully saturated rings. The van der Waals surface area contributed by atoms with E-state index in [1.165, 1.54) is 17.9 Å². The number of Topliss-reactive ketones (excluding diaryl/α,β-unsaturated/α-hetero) is 1. The molecule has 1 aromatic carbocycles. The van der Waals surface area contributed by atoms with Gasteiger partial charge in [0, 0.05) is 6.42 Å². The van der Waals surface area contributed by atoms with Crippen LogP contribution >= 0.6 is 0 Å². The summed E-state index contributed by atoms with van der Waals surface area (Å²) in [5.74, 6) is -1.16. The molecule has 3 rings (SSSR count). The standard InChI is InChI=1S/C20H22F4N2O2/c1-3-5-14-7-6-13(10-15(14)20(22,23)24)11-17(27)19(8-4-9-19)26-12-16(21)18(25-26)28-2/h6-7,10,12H,3-5,8-9,11H2,1-2H3. The van der Waals surface area contributed by atoms with Crippen LogP contribution in [0.2, 0.25) is 0 Å². The van der Waals surface area contributed by atoms with E-state index in [-0.39, 0.29) is 23.6 Å². The highest BCUT2D eigenvalue weighted by Gasteiger charge is 2.47. The molecule has 0 radical (unpaired) electrons. The van der Waals surface area contributed by atoms with Crippen molar-refractivity contribution < 1.29 is 27.1 Å². The fraction of sp³-hybridized carbons (Fsp3) is 0.500. The lowest BCUT2D eigenvalue weighted by Gasteiger charge is -2.40. The molecule has 0 N–H and O–H groups in total. The van der Waals surface area contributed by atoms with Crippen molar-refractivity contribution >= 4 is 5.78 Å². The molecule has 1 saturated carbocycles. The lowest BCUT2D eigenvalue weighted by molar-refractivity contribution is -0.138. The number of methoxy groups -OCH3 is 1. The van der Waals surface area contributed by atoms with Crippen molar-refractivity contribution in [3.05, 3.63) is 46.9 Å². The van der Waals surface area contributed by atoms with Gasteiger partial charge in [-0.25, -0.2) is 0 Å². The summed E-state index contributed by atoms with van der Waals surface area (Å²) in [5, 5.41) is 4.00. The molecule has 1 aromatic heterocycles. The van der Waals surface area contributed by atoms with E-state index in [1.807, 2.05) is 6.92 Å². The number of carbonyl (C=O) groups excluding carboxylic acids is 1. The number of alkyl halides is 3. The maximum absolute atomic E-state index is 13.8. The van der Waals surface area contributed by atoms with Gasteiger partial charge in [0.25, 0.3) is 5.88 Å². The normalized spacial score (nSPS) is 15.9. The van der Waals surface area contributed by atoms with Crippen molar-refractivity contribution in [2.24, 2.45) is 0 Å². The topological polar surface area (TPSA) is 44.1 Å². The van der Waals surface area contributed by atoms with Gasteiger partial charge in [0.1, 0.15) is 5.54 Å². The summed E-state index contributed by atoms with van der Waals surface area (Å²) in [6.45, 7) is 1.81. The Balaban J connectivity index is 1.89. The van der Waals surface area contributed by atoms with Crippen LogP contribution in [0.5, 0.6) is 5.88 Å². The zero-order valence-corrected chi connectivity index (χ0v) is 15.8. The van der Waals surface area contributed by atoms with Gasteiger partial charge in [-0.2, -0.15) is 17.6 Å². The third kappa shape index (κ3) is 3.64. The van der Waals surface area contributed by atoms with Gasteiger partial charge in [-0.15, -0.1) is 5.10 Å². The number of benzene rings is 1. The number of rotatable bonds is 7. The number of ether oxygens (including phenoxy) is 1. The highest BCUT2D eigenvalue weighted by molar-refractivity contribution is 5.89. The molecule has 152 valence electrons. The molecular formula is C20H22F4N2O2. The van der Waals surface area contributed by atoms with Crippen molar-refractivity contribution in [2.75, 3.05) is 7.11 Å². The van der Waals surface area contributed by atoms with Crippen LogP contribution in [0.25, 0.3) is 0 Å². The van der Waals surface area contributed by atoms with Crippen molar-refractivity contribution in [3.63, 3.8) is 0 Å². The Bertz CT molecular complexity index is 870. The fourth-order valence-corrected chi connectivity index (χ4v) is 3.68. The lowest BCUT2D eigenvalue weighted by Crippen LogP contribution is -2.49. The van der Waals surface area contributed by atoms with Crippen molar-refractivity contribution in [1.82, 2.24) is 9.78 Å². The summed E-state index contributed by atoms with van der Waals surface area (Å²) in [7, 11) is 1.28. The van der Waals surface area contributed by atoms with E-state index in [0.29, 0.717) is 31.2 Å². The van der Waals surface area contributed by atoms with Gasteiger partial charge in [0.15, 0.2) is 5.78 Å². The van der Waals surface area contributed by atoms with Crippen LogP contribution in [-0.2, 0) is 29.4 Å². The Morgan fingerprint density at radius 3 is 2.54 bits per heavy atom. The van der Waals surface area contributed by atoms with Gasteiger partial charge in [-0.1, -0.05) is 25.5 Å². The number of hydrogen-bond donors (Lipinski definition) is 0. The molecule has 0 aliphatic heterocycles. The van der Waals surface area contributed by atoms with Crippen LogP contribution in [0.15, 0.2) is 24.4 Å². The van der Waals surface area contributed by atoms with E-state index in [2.05, 4.69) is 5.10 Å². The van der Waals surface area contributed by atoms with Gasteiger partial charge in [-0.3, -0.25) is 9.48 Å². The minimum absolute atomic E-state index is 0.167. The molecular weight excluding hydrogens is 376 g/mol. The number of halogens is 4. The van der Waals surface area contributed by atoms with Crippen LogP contribution < -0.4 is 4.74 Å². The summed E-state index contributed by atoms with van der Waals surface area (Å²) in [5.41, 5.74) is -1.21. The zero-order chi connectivity index (χ0) is 20.5. The zero-order valence-electron chi connectivity index (χ0n) is 15.8. The first kappa shape index (κ1) is 20.4. The summed E-state index contributed by atoms with van der Waals surface area (Å²) in [4.78, 5) is 13.0. The molecule has 0 saturated heterocycles. The summed E-state index contributed by atoms with van der Waals surface area (Å²) >= 11 is 0. The van der Waals surface area contributed by atoms with Crippen LogP contribution in [0.1, 0.15) is 49.3 Å². The predicted molar refractivity (Wildman–Crippen MR) is 94.7 cm³/mol. The predicted octanol–water partition coefficient (Wildman–Crippen LogP) is 4.69. The van der Waals surface area contributed by atoms with Gasteiger partial charge < -0.3 is 4.74 Å². The third-order valence-corrected chi connectivity index (χ3v) is 5.33. The smallest absolute Gasteiger partial charge is 0.416 e. The molecule has 28 heavy (non-hydrogen) atoms. The number of nitrogens with zero attached hydrogens (tertiary/aromatic N) is 2. The minimum Gasteiger partial charge on any atom is -0.478 e. The second-order valence-electron chi connectivity index (χ2n) is 7.16. The Morgan fingerprint density at radius 1 is 1.32 bits per heavy atom. The van der Waals surface area contributed by atoms with Crippen molar-refractivity contribution in [2.45, 2.75) is 57.2 Å². The Morgan fingerprint density at radius 2 is 2.04 bits per heavy atom. The van der Waals surface area contributed by atoms with E-state index < -0.39 is 23.1 Å². The SMILES string of the molecule is CCCc1ccc(CC(=O)C2(n3cc(F)c(OC)n3)CCC2)cc1C(F)(F)F. The molecule has 0 amide bonds. The third-order valence-electron chi connectivity index (χ3n) is 5.33. The molecule has 1 aliphatic carbocycles. The summed E-state index contributed by atoms with van der Waals surface area (Å²) in [6, 6.07) is 4.06. The number of hydrogen-bond acceptors (Lipinski definition) is 3. The number of ketones is 1. The maximum atomic E-state index is 13.8. The monoisotopic (exact) mass is 398 g/mol. The van der Waals surface area contributed by atoms with E-state index >= 15 is 0 Å². The van der Waals surface area contributed by atoms with Crippen LogP contribution in [0.3, 0.4) is 0 Å². The summed E-state index contributed by atoms with van der Waals surface area (Å²) < 4.78 is 60.1. The number of aryl methyl sites for hydroxylation is 1. The van der Waals surface area contributed by atoms with Gasteiger partial charge in [0.05, 0.1) is 18.9 Å². The average molecular weight is 398 g/mol. The van der Waals surface area contributed by atoms with Crippen molar-refractivity contribution in [3.8, 4) is 5.88 Å². The van der Waals surface area contributed by atoms with Crippen LogP contribution in [-0.4, -0.2) is 22.7 Å². The molecule has 8 heteroatoms. The largest absolute Gasteiger partial charge is 0.478 e. The lowest BCUT2D eigenvalue weighted by atomic mass is 9.72. The van der Waals surface area contributed by atoms with Crippen LogP contribution in [0.4, 0.5) is 17.6 Å². The number of carbonyl (C=O) groups is 1.